The Morgan fingerprint density at radius 1 is 1.19 bits per heavy atom. The van der Waals surface area contributed by atoms with Crippen LogP contribution >= 0.6 is 27.5 Å². The van der Waals surface area contributed by atoms with Gasteiger partial charge in [-0.25, -0.2) is 0 Å². The van der Waals surface area contributed by atoms with Crippen molar-refractivity contribution >= 4 is 27.5 Å². The minimum absolute atomic E-state index is 0.494. The van der Waals surface area contributed by atoms with Crippen molar-refractivity contribution in [1.82, 2.24) is 4.98 Å². The van der Waals surface area contributed by atoms with Crippen LogP contribution in [0.3, 0.4) is 0 Å². The van der Waals surface area contributed by atoms with E-state index in [-0.39, 0.29) is 0 Å². The average Bonchev–Trinajstić information content (AvgIpc) is 2.28. The highest BCUT2D eigenvalue weighted by molar-refractivity contribution is 9.10. The quantitative estimate of drug-likeness (QED) is 0.852. The average molecular weight is 299 g/mol. The topological polar surface area (TPSA) is 22.1 Å². The number of benzene rings is 1. The van der Waals surface area contributed by atoms with Crippen molar-refractivity contribution in [3.63, 3.8) is 0 Å². The van der Waals surface area contributed by atoms with E-state index in [1.54, 1.807) is 24.5 Å². The fourth-order valence-corrected chi connectivity index (χ4v) is 1.77. The summed E-state index contributed by atoms with van der Waals surface area (Å²) in [5, 5.41) is 0.705. The lowest BCUT2D eigenvalue weighted by atomic mass is 10.3. The third-order valence-corrected chi connectivity index (χ3v) is 2.67. The van der Waals surface area contributed by atoms with Gasteiger partial charge < -0.3 is 4.74 Å². The molecule has 4 heteroatoms. The van der Waals surface area contributed by atoms with E-state index in [9.17, 15) is 0 Å². The predicted octanol–water partition coefficient (Wildman–Crippen LogP) is 4.08. The first-order valence-corrected chi connectivity index (χ1v) is 5.89. The molecule has 16 heavy (non-hydrogen) atoms. The van der Waals surface area contributed by atoms with Gasteiger partial charge >= 0.3 is 0 Å². The molecular formula is C12H9BrClNO. The van der Waals surface area contributed by atoms with Crippen LogP contribution in [0.2, 0.25) is 5.02 Å². The predicted molar refractivity (Wildman–Crippen MR) is 67.7 cm³/mol. The third kappa shape index (κ3) is 3.22. The number of ether oxygens (including phenoxy) is 1. The van der Waals surface area contributed by atoms with Gasteiger partial charge in [-0.05, 0) is 46.3 Å². The molecule has 0 aliphatic carbocycles. The highest BCUT2D eigenvalue weighted by Crippen LogP contribution is 2.17. The highest BCUT2D eigenvalue weighted by Gasteiger charge is 1.97. The smallest absolute Gasteiger partial charge is 0.119 e. The Bertz CT molecular complexity index is 473. The van der Waals surface area contributed by atoms with E-state index < -0.39 is 0 Å². The number of hydrogen-bond donors (Lipinski definition) is 0. The molecule has 1 aromatic carbocycles. The second-order valence-corrected chi connectivity index (χ2v) is 4.61. The maximum Gasteiger partial charge on any atom is 0.119 e. The molecule has 0 N–H and O–H groups in total. The summed E-state index contributed by atoms with van der Waals surface area (Å²) in [7, 11) is 0. The number of rotatable bonds is 3. The zero-order valence-corrected chi connectivity index (χ0v) is 10.7. The molecule has 2 nitrogen and oxygen atoms in total. The molecule has 0 atom stereocenters. The number of halogens is 2. The molecule has 1 aromatic heterocycles. The Hall–Kier alpha value is -1.06. The summed E-state index contributed by atoms with van der Waals surface area (Å²) in [6.07, 6.45) is 3.52. The van der Waals surface area contributed by atoms with Crippen molar-refractivity contribution in [2.45, 2.75) is 6.61 Å². The van der Waals surface area contributed by atoms with E-state index >= 15 is 0 Å². The van der Waals surface area contributed by atoms with Crippen LogP contribution in [0.15, 0.2) is 47.2 Å². The van der Waals surface area contributed by atoms with Crippen LogP contribution < -0.4 is 4.74 Å². The van der Waals surface area contributed by atoms with E-state index in [1.165, 1.54) is 0 Å². The van der Waals surface area contributed by atoms with E-state index in [4.69, 9.17) is 16.3 Å². The van der Waals surface area contributed by atoms with Crippen molar-refractivity contribution in [2.75, 3.05) is 0 Å². The lowest BCUT2D eigenvalue weighted by Crippen LogP contribution is -1.95. The standard InChI is InChI=1S/C12H9BrClNO/c13-10-5-9(6-15-7-10)8-16-12-3-1-11(14)2-4-12/h1-7H,8H2. The molecule has 0 fully saturated rings. The monoisotopic (exact) mass is 297 g/mol. The lowest BCUT2D eigenvalue weighted by molar-refractivity contribution is 0.305. The summed E-state index contributed by atoms with van der Waals surface area (Å²) >= 11 is 9.14. The SMILES string of the molecule is Clc1ccc(OCc2cncc(Br)c2)cc1. The number of aromatic nitrogens is 1. The fraction of sp³-hybridized carbons (Fsp3) is 0.0833. The van der Waals surface area contributed by atoms with Crippen LogP contribution in [0, 0.1) is 0 Å². The summed E-state index contributed by atoms with van der Waals surface area (Å²) in [6.45, 7) is 0.494. The lowest BCUT2D eigenvalue weighted by Gasteiger charge is -2.06. The largest absolute Gasteiger partial charge is 0.489 e. The molecule has 1 heterocycles. The third-order valence-electron chi connectivity index (χ3n) is 1.98. The Morgan fingerprint density at radius 3 is 2.62 bits per heavy atom. The Labute approximate surface area is 107 Å². The van der Waals surface area contributed by atoms with Crippen molar-refractivity contribution in [2.24, 2.45) is 0 Å². The Kier molecular flexibility index (Phi) is 3.80. The van der Waals surface area contributed by atoms with Gasteiger partial charge in [0, 0.05) is 27.5 Å². The molecule has 82 valence electrons. The first-order valence-electron chi connectivity index (χ1n) is 4.72. The van der Waals surface area contributed by atoms with Crippen molar-refractivity contribution in [3.8, 4) is 5.75 Å². The summed E-state index contributed by atoms with van der Waals surface area (Å²) in [6, 6.07) is 9.26. The number of hydrogen-bond acceptors (Lipinski definition) is 2. The summed E-state index contributed by atoms with van der Waals surface area (Å²) < 4.78 is 6.53. The van der Waals surface area contributed by atoms with Gasteiger partial charge in [0.2, 0.25) is 0 Å². The normalized spacial score (nSPS) is 10.1. The maximum atomic E-state index is 5.78. The highest BCUT2D eigenvalue weighted by atomic mass is 79.9. The van der Waals surface area contributed by atoms with Crippen LogP contribution in [-0.4, -0.2) is 4.98 Å². The van der Waals surface area contributed by atoms with Gasteiger partial charge in [0.15, 0.2) is 0 Å². The zero-order valence-electron chi connectivity index (χ0n) is 8.36. The van der Waals surface area contributed by atoms with Gasteiger partial charge in [0.1, 0.15) is 12.4 Å². The van der Waals surface area contributed by atoms with Gasteiger partial charge in [-0.3, -0.25) is 4.98 Å². The van der Waals surface area contributed by atoms with Gasteiger partial charge in [0.05, 0.1) is 0 Å². The van der Waals surface area contributed by atoms with Crippen LogP contribution in [-0.2, 0) is 6.61 Å². The minimum Gasteiger partial charge on any atom is -0.489 e. The molecular weight excluding hydrogens is 289 g/mol. The number of pyridine rings is 1. The van der Waals surface area contributed by atoms with Crippen LogP contribution in [0.4, 0.5) is 0 Å². The fourth-order valence-electron chi connectivity index (χ4n) is 1.23. The molecule has 2 rings (SSSR count). The van der Waals surface area contributed by atoms with Gasteiger partial charge in [-0.15, -0.1) is 0 Å². The van der Waals surface area contributed by atoms with Crippen molar-refractivity contribution in [3.05, 3.63) is 57.8 Å². The molecule has 2 aromatic rings. The molecule has 0 bridgehead atoms. The molecule has 0 saturated heterocycles. The molecule has 0 aliphatic rings. The van der Waals surface area contributed by atoms with Crippen LogP contribution in [0.5, 0.6) is 5.75 Å². The molecule has 0 saturated carbocycles. The van der Waals surface area contributed by atoms with Crippen LogP contribution in [0.25, 0.3) is 0 Å². The molecule has 0 radical (unpaired) electrons. The van der Waals surface area contributed by atoms with Gasteiger partial charge in [0.25, 0.3) is 0 Å². The second-order valence-electron chi connectivity index (χ2n) is 3.25. The van der Waals surface area contributed by atoms with E-state index in [0.29, 0.717) is 11.6 Å². The van der Waals surface area contributed by atoms with Crippen LogP contribution in [0.1, 0.15) is 5.56 Å². The van der Waals surface area contributed by atoms with E-state index in [2.05, 4.69) is 20.9 Å². The van der Waals surface area contributed by atoms with Gasteiger partial charge in [-0.1, -0.05) is 11.6 Å². The Morgan fingerprint density at radius 2 is 1.94 bits per heavy atom. The van der Waals surface area contributed by atoms with E-state index in [1.807, 2.05) is 18.2 Å². The number of nitrogens with zero attached hydrogens (tertiary/aromatic N) is 1. The van der Waals surface area contributed by atoms with Crippen molar-refractivity contribution < 1.29 is 4.74 Å². The molecule has 0 spiro atoms. The molecule has 0 aliphatic heterocycles. The minimum atomic E-state index is 0.494. The first-order chi connectivity index (χ1) is 7.74. The summed E-state index contributed by atoms with van der Waals surface area (Å²) in [5.41, 5.74) is 1.02. The van der Waals surface area contributed by atoms with Gasteiger partial charge in [-0.2, -0.15) is 0 Å². The maximum absolute atomic E-state index is 5.78. The zero-order chi connectivity index (χ0) is 11.4. The summed E-state index contributed by atoms with van der Waals surface area (Å²) in [4.78, 5) is 4.06. The van der Waals surface area contributed by atoms with Crippen molar-refractivity contribution in [1.29, 1.82) is 0 Å². The molecule has 0 unspecified atom stereocenters. The summed E-state index contributed by atoms with van der Waals surface area (Å²) in [5.74, 6) is 0.796. The van der Waals surface area contributed by atoms with E-state index in [0.717, 1.165) is 15.8 Å². The molecule has 0 amide bonds. The first kappa shape index (κ1) is 11.4. The second kappa shape index (κ2) is 5.32. The Balaban J connectivity index is 1.99.